The number of nitrogens with zero attached hydrogens (tertiary/aromatic N) is 1. The topological polar surface area (TPSA) is 17.0 Å². The number of benzene rings is 1. The first-order valence-electron chi connectivity index (χ1n) is 6.99. The fourth-order valence-corrected chi connectivity index (χ4v) is 2.89. The fraction of sp³-hybridized carbons (Fsp3) is 0.467. The van der Waals surface area contributed by atoms with Gasteiger partial charge in [0.15, 0.2) is 0 Å². The van der Waals surface area contributed by atoms with E-state index in [9.17, 15) is 13.2 Å². The van der Waals surface area contributed by atoms with Gasteiger partial charge in [-0.25, -0.2) is 0 Å². The summed E-state index contributed by atoms with van der Waals surface area (Å²) in [5.74, 6) is 0.0365. The van der Waals surface area contributed by atoms with E-state index in [0.717, 1.165) is 30.4 Å². The molecule has 0 spiro atoms. The van der Waals surface area contributed by atoms with Crippen LogP contribution in [-0.2, 0) is 13.0 Å². The molecule has 2 rings (SSSR count). The van der Waals surface area contributed by atoms with Crippen LogP contribution in [0.4, 0.5) is 13.2 Å². The van der Waals surface area contributed by atoms with E-state index in [1.807, 2.05) is 35.0 Å². The van der Waals surface area contributed by atoms with Gasteiger partial charge in [-0.3, -0.25) is 0 Å². The van der Waals surface area contributed by atoms with E-state index >= 15 is 0 Å². The standard InChI is InChI=1S/C15H19F3N2S/c1-2-19-8-7-12-11-20(9-10-21-15(16,17)18)14-6-4-3-5-13(12)14/h3-6,11,19H,2,7-10H2,1H3. The lowest BCUT2D eigenvalue weighted by Crippen LogP contribution is -2.15. The Morgan fingerprint density at radius 2 is 2.00 bits per heavy atom. The summed E-state index contributed by atoms with van der Waals surface area (Å²) in [7, 11) is 0. The minimum Gasteiger partial charge on any atom is -0.346 e. The zero-order valence-corrected chi connectivity index (χ0v) is 12.7. The molecule has 0 fully saturated rings. The average Bonchev–Trinajstić information content (AvgIpc) is 2.77. The first-order valence-corrected chi connectivity index (χ1v) is 7.98. The van der Waals surface area contributed by atoms with Crippen molar-refractivity contribution >= 4 is 22.7 Å². The van der Waals surface area contributed by atoms with Gasteiger partial charge in [0.05, 0.1) is 0 Å². The second-order valence-electron chi connectivity index (χ2n) is 4.76. The number of fused-ring (bicyclic) bond motifs is 1. The van der Waals surface area contributed by atoms with Crippen molar-refractivity contribution in [2.45, 2.75) is 25.4 Å². The molecule has 0 aliphatic carbocycles. The van der Waals surface area contributed by atoms with E-state index in [1.54, 1.807) is 0 Å². The second kappa shape index (κ2) is 7.22. The summed E-state index contributed by atoms with van der Waals surface area (Å²) in [4.78, 5) is 0. The summed E-state index contributed by atoms with van der Waals surface area (Å²) in [5.41, 5.74) is -1.97. The third kappa shape index (κ3) is 4.68. The number of alkyl halides is 3. The van der Waals surface area contributed by atoms with E-state index in [0.29, 0.717) is 6.54 Å². The SMILES string of the molecule is CCNCCc1cn(CCSC(F)(F)F)c2ccccc12. The number of aryl methyl sites for hydroxylation is 1. The molecule has 0 bridgehead atoms. The molecule has 6 heteroatoms. The predicted molar refractivity (Wildman–Crippen MR) is 82.7 cm³/mol. The first-order chi connectivity index (χ1) is 10.0. The summed E-state index contributed by atoms with van der Waals surface area (Å²) in [6, 6.07) is 7.88. The van der Waals surface area contributed by atoms with E-state index in [-0.39, 0.29) is 17.5 Å². The Balaban J connectivity index is 2.11. The molecule has 116 valence electrons. The normalized spacial score (nSPS) is 12.2. The fourth-order valence-electron chi connectivity index (χ4n) is 2.37. The highest BCUT2D eigenvalue weighted by molar-refractivity contribution is 8.00. The van der Waals surface area contributed by atoms with Crippen molar-refractivity contribution < 1.29 is 13.2 Å². The van der Waals surface area contributed by atoms with Crippen molar-refractivity contribution in [3.63, 3.8) is 0 Å². The van der Waals surface area contributed by atoms with Crippen LogP contribution >= 0.6 is 11.8 Å². The number of thioether (sulfide) groups is 1. The minimum atomic E-state index is -4.16. The molecule has 21 heavy (non-hydrogen) atoms. The molecule has 1 aromatic heterocycles. The van der Waals surface area contributed by atoms with Crippen molar-refractivity contribution in [2.24, 2.45) is 0 Å². The van der Waals surface area contributed by atoms with Gasteiger partial charge in [-0.05, 0) is 42.9 Å². The molecule has 0 aliphatic rings. The number of para-hydroxylation sites is 1. The van der Waals surface area contributed by atoms with Gasteiger partial charge in [0.25, 0.3) is 0 Å². The van der Waals surface area contributed by atoms with Crippen molar-refractivity contribution in [2.75, 3.05) is 18.8 Å². The highest BCUT2D eigenvalue weighted by Gasteiger charge is 2.27. The highest BCUT2D eigenvalue weighted by atomic mass is 32.2. The Kier molecular flexibility index (Phi) is 5.58. The lowest BCUT2D eigenvalue weighted by Gasteiger charge is -2.07. The third-order valence-corrected chi connectivity index (χ3v) is 4.00. The molecule has 1 heterocycles. The number of likely N-dealkylation sites (N-methyl/N-ethyl adjacent to an activating group) is 1. The Hall–Kier alpha value is -1.14. The molecule has 0 atom stereocenters. The van der Waals surface area contributed by atoms with Gasteiger partial charge in [-0.15, -0.1) is 0 Å². The van der Waals surface area contributed by atoms with E-state index < -0.39 is 5.51 Å². The second-order valence-corrected chi connectivity index (χ2v) is 5.92. The van der Waals surface area contributed by atoms with Crippen molar-refractivity contribution in [1.82, 2.24) is 9.88 Å². The smallest absolute Gasteiger partial charge is 0.346 e. The van der Waals surface area contributed by atoms with Crippen LogP contribution < -0.4 is 5.32 Å². The summed E-state index contributed by atoms with van der Waals surface area (Å²) in [5, 5.41) is 4.40. The number of rotatable bonds is 7. The Labute approximate surface area is 126 Å². The molecule has 0 unspecified atom stereocenters. The van der Waals surface area contributed by atoms with Crippen LogP contribution in [0.3, 0.4) is 0 Å². The van der Waals surface area contributed by atoms with E-state index in [4.69, 9.17) is 0 Å². The Morgan fingerprint density at radius 1 is 1.24 bits per heavy atom. The Bertz CT molecular complexity index is 578. The van der Waals surface area contributed by atoms with Gasteiger partial charge in [0.2, 0.25) is 0 Å². The van der Waals surface area contributed by atoms with Gasteiger partial charge in [-0.2, -0.15) is 13.2 Å². The molecular weight excluding hydrogens is 297 g/mol. The largest absolute Gasteiger partial charge is 0.441 e. The molecule has 0 saturated heterocycles. The van der Waals surface area contributed by atoms with Crippen LogP contribution in [0.2, 0.25) is 0 Å². The molecule has 1 aromatic carbocycles. The van der Waals surface area contributed by atoms with E-state index in [2.05, 4.69) is 12.2 Å². The maximum absolute atomic E-state index is 12.2. The quantitative estimate of drug-likeness (QED) is 0.776. The van der Waals surface area contributed by atoms with Gasteiger partial charge >= 0.3 is 5.51 Å². The molecule has 2 aromatic rings. The number of hydrogen-bond acceptors (Lipinski definition) is 2. The van der Waals surface area contributed by atoms with Crippen LogP contribution in [0.15, 0.2) is 30.5 Å². The molecule has 0 radical (unpaired) electrons. The average molecular weight is 316 g/mol. The maximum Gasteiger partial charge on any atom is 0.441 e. The minimum absolute atomic E-state index is 0.0345. The van der Waals surface area contributed by atoms with Crippen LogP contribution in [0.25, 0.3) is 10.9 Å². The molecule has 1 N–H and O–H groups in total. The lowest BCUT2D eigenvalue weighted by molar-refractivity contribution is -0.0328. The van der Waals surface area contributed by atoms with Crippen molar-refractivity contribution in [3.05, 3.63) is 36.0 Å². The highest BCUT2D eigenvalue weighted by Crippen LogP contribution is 2.30. The van der Waals surface area contributed by atoms with Crippen LogP contribution in [0, 0.1) is 0 Å². The van der Waals surface area contributed by atoms with Gasteiger partial charge in [-0.1, -0.05) is 25.1 Å². The van der Waals surface area contributed by atoms with Crippen molar-refractivity contribution in [3.8, 4) is 0 Å². The first kappa shape index (κ1) is 16.2. The number of nitrogens with one attached hydrogen (secondary N) is 1. The number of aromatic nitrogens is 1. The summed E-state index contributed by atoms with van der Waals surface area (Å²) in [6.07, 6.45) is 2.87. The van der Waals surface area contributed by atoms with E-state index in [1.165, 1.54) is 5.56 Å². The third-order valence-electron chi connectivity index (χ3n) is 3.29. The summed E-state index contributed by atoms with van der Waals surface area (Å²) >= 11 is 0.0345. The monoisotopic (exact) mass is 316 g/mol. The zero-order valence-electron chi connectivity index (χ0n) is 11.9. The zero-order chi connectivity index (χ0) is 15.3. The molecular formula is C15H19F3N2S. The van der Waals surface area contributed by atoms with Crippen LogP contribution in [-0.4, -0.2) is 28.9 Å². The molecule has 0 saturated carbocycles. The predicted octanol–water partition coefficient (Wildman–Crippen LogP) is 4.05. The summed E-state index contributed by atoms with van der Waals surface area (Å²) in [6.45, 7) is 4.21. The molecule has 0 aliphatic heterocycles. The lowest BCUT2D eigenvalue weighted by atomic mass is 10.1. The number of hydrogen-bond donors (Lipinski definition) is 1. The molecule has 0 amide bonds. The van der Waals surface area contributed by atoms with Crippen LogP contribution in [0.5, 0.6) is 0 Å². The van der Waals surface area contributed by atoms with Gasteiger partial charge in [0, 0.05) is 29.4 Å². The van der Waals surface area contributed by atoms with Gasteiger partial charge < -0.3 is 9.88 Å². The Morgan fingerprint density at radius 3 is 2.71 bits per heavy atom. The molecule has 2 nitrogen and oxygen atoms in total. The van der Waals surface area contributed by atoms with Crippen LogP contribution in [0.1, 0.15) is 12.5 Å². The summed E-state index contributed by atoms with van der Waals surface area (Å²) < 4.78 is 38.6. The van der Waals surface area contributed by atoms with Crippen molar-refractivity contribution in [1.29, 1.82) is 0 Å². The van der Waals surface area contributed by atoms with Gasteiger partial charge in [0.1, 0.15) is 0 Å². The maximum atomic E-state index is 12.2. The number of halogens is 3.